The van der Waals surface area contributed by atoms with E-state index in [-0.39, 0.29) is 19.8 Å². The van der Waals surface area contributed by atoms with Crippen LogP contribution in [0.2, 0.25) is 0 Å². The SMILES string of the molecule is CCOC(=O)c1c(C)n(-c2ccc(C)cc2)c2ccc(OC[C@@H](O)CNC(CO)(CO)CO)cc12. The topological polar surface area (TPSA) is 133 Å². The average molecular weight is 487 g/mol. The van der Waals surface area contributed by atoms with Crippen molar-refractivity contribution in [1.82, 2.24) is 9.88 Å². The fourth-order valence-electron chi connectivity index (χ4n) is 3.88. The third-order valence-corrected chi connectivity index (χ3v) is 6.01. The van der Waals surface area contributed by atoms with Gasteiger partial charge in [-0.1, -0.05) is 17.7 Å². The molecular formula is C26H34N2O7. The highest BCUT2D eigenvalue weighted by Gasteiger charge is 2.28. The first-order chi connectivity index (χ1) is 16.8. The number of aryl methyl sites for hydroxylation is 1. The normalized spacial score (nSPS) is 12.7. The standard InChI is InChI=1S/C26H34N2O7/c1-4-34-25(33)24-18(3)28(19-7-5-17(2)6-8-19)23-10-9-21(11-22(23)24)35-13-20(32)12-27-26(14-29,15-30)16-31/h5-11,20,27,29-32H,4,12-16H2,1-3H3/t20-/m0/s1. The lowest BCUT2D eigenvalue weighted by molar-refractivity contribution is 0.0260. The second-order valence-electron chi connectivity index (χ2n) is 8.63. The largest absolute Gasteiger partial charge is 0.491 e. The number of aromatic nitrogens is 1. The highest BCUT2D eigenvalue weighted by Crippen LogP contribution is 2.32. The van der Waals surface area contributed by atoms with Gasteiger partial charge in [0.1, 0.15) is 18.5 Å². The van der Waals surface area contributed by atoms with Gasteiger partial charge in [0, 0.05) is 23.3 Å². The summed E-state index contributed by atoms with van der Waals surface area (Å²) in [5, 5.41) is 41.9. The zero-order valence-electron chi connectivity index (χ0n) is 20.3. The van der Waals surface area contributed by atoms with E-state index in [2.05, 4.69) is 5.32 Å². The number of esters is 1. The number of nitrogens with one attached hydrogen (secondary N) is 1. The van der Waals surface area contributed by atoms with Crippen LogP contribution >= 0.6 is 0 Å². The van der Waals surface area contributed by atoms with Gasteiger partial charge in [0.15, 0.2) is 0 Å². The van der Waals surface area contributed by atoms with E-state index >= 15 is 0 Å². The van der Waals surface area contributed by atoms with Crippen molar-refractivity contribution in [2.24, 2.45) is 0 Å². The summed E-state index contributed by atoms with van der Waals surface area (Å²) in [5.74, 6) is 0.0384. The molecule has 0 aliphatic heterocycles. The third-order valence-electron chi connectivity index (χ3n) is 6.01. The number of carbonyl (C=O) groups excluding carboxylic acids is 1. The molecule has 35 heavy (non-hydrogen) atoms. The van der Waals surface area contributed by atoms with Crippen molar-refractivity contribution in [2.75, 3.05) is 39.6 Å². The Kier molecular flexibility index (Phi) is 8.87. The van der Waals surface area contributed by atoms with E-state index in [0.29, 0.717) is 16.7 Å². The zero-order valence-corrected chi connectivity index (χ0v) is 20.3. The molecule has 1 atom stereocenters. The molecule has 0 aliphatic carbocycles. The number of rotatable bonds is 12. The first-order valence-corrected chi connectivity index (χ1v) is 11.6. The molecule has 9 heteroatoms. The predicted molar refractivity (Wildman–Crippen MR) is 132 cm³/mol. The molecule has 9 nitrogen and oxygen atoms in total. The van der Waals surface area contributed by atoms with E-state index in [4.69, 9.17) is 9.47 Å². The first kappa shape index (κ1) is 26.7. The number of hydrogen-bond donors (Lipinski definition) is 5. The molecule has 0 radical (unpaired) electrons. The summed E-state index contributed by atoms with van der Waals surface area (Å²) < 4.78 is 13.1. The Morgan fingerprint density at radius 2 is 1.71 bits per heavy atom. The summed E-state index contributed by atoms with van der Waals surface area (Å²) in [6, 6.07) is 13.4. The monoisotopic (exact) mass is 486 g/mol. The molecular weight excluding hydrogens is 452 g/mol. The van der Waals surface area contributed by atoms with Crippen molar-refractivity contribution in [3.8, 4) is 11.4 Å². The maximum absolute atomic E-state index is 12.8. The zero-order chi connectivity index (χ0) is 25.6. The number of aliphatic hydroxyl groups is 4. The van der Waals surface area contributed by atoms with Gasteiger partial charge in [-0.25, -0.2) is 4.79 Å². The summed E-state index contributed by atoms with van der Waals surface area (Å²) in [5.41, 5.74) is 2.79. The number of hydrogen-bond acceptors (Lipinski definition) is 8. The van der Waals surface area contributed by atoms with E-state index in [1.54, 1.807) is 19.1 Å². The minimum Gasteiger partial charge on any atom is -0.491 e. The van der Waals surface area contributed by atoms with Crippen molar-refractivity contribution >= 4 is 16.9 Å². The molecule has 2 aromatic carbocycles. The Hall–Kier alpha value is -2.95. The second kappa shape index (κ2) is 11.7. The molecule has 1 heterocycles. The number of aliphatic hydroxyl groups excluding tert-OH is 4. The van der Waals surface area contributed by atoms with Crippen molar-refractivity contribution in [3.05, 3.63) is 59.3 Å². The van der Waals surface area contributed by atoms with Crippen LogP contribution in [0.15, 0.2) is 42.5 Å². The Labute approximate surface area is 204 Å². The number of nitrogens with zero attached hydrogens (tertiary/aromatic N) is 1. The van der Waals surface area contributed by atoms with Gasteiger partial charge in [0.05, 0.1) is 43.0 Å². The van der Waals surface area contributed by atoms with Crippen LogP contribution in [0.4, 0.5) is 0 Å². The minimum atomic E-state index is -1.29. The molecule has 0 spiro atoms. The number of fused-ring (bicyclic) bond motifs is 1. The summed E-state index contributed by atoms with van der Waals surface area (Å²) >= 11 is 0. The van der Waals surface area contributed by atoms with Crippen LogP contribution in [0.25, 0.3) is 16.6 Å². The highest BCUT2D eigenvalue weighted by molar-refractivity contribution is 6.07. The fraction of sp³-hybridized carbons (Fsp3) is 0.423. The van der Waals surface area contributed by atoms with Gasteiger partial charge in [-0.3, -0.25) is 0 Å². The lowest BCUT2D eigenvalue weighted by atomic mass is 10.0. The average Bonchev–Trinajstić information content (AvgIpc) is 3.15. The van der Waals surface area contributed by atoms with Crippen LogP contribution in [-0.4, -0.2) is 82.2 Å². The number of ether oxygens (including phenoxy) is 2. The molecule has 3 rings (SSSR count). The molecule has 1 aromatic heterocycles. The molecule has 5 N–H and O–H groups in total. The number of β-amino-alcohol motifs (C(OH)–C–C–N with tert-alkyl or cyclic N) is 1. The van der Waals surface area contributed by atoms with Gasteiger partial charge in [0.25, 0.3) is 0 Å². The van der Waals surface area contributed by atoms with E-state index in [1.165, 1.54) is 0 Å². The molecule has 0 bridgehead atoms. The summed E-state index contributed by atoms with van der Waals surface area (Å²) in [4.78, 5) is 12.8. The number of benzene rings is 2. The van der Waals surface area contributed by atoms with Crippen molar-refractivity contribution in [2.45, 2.75) is 32.4 Å². The van der Waals surface area contributed by atoms with Gasteiger partial charge in [-0.15, -0.1) is 0 Å². The maximum atomic E-state index is 12.8. The molecule has 0 aliphatic rings. The van der Waals surface area contributed by atoms with Crippen LogP contribution in [0.5, 0.6) is 5.75 Å². The second-order valence-corrected chi connectivity index (χ2v) is 8.63. The molecule has 190 valence electrons. The summed E-state index contributed by atoms with van der Waals surface area (Å²) in [7, 11) is 0. The highest BCUT2D eigenvalue weighted by atomic mass is 16.5. The van der Waals surface area contributed by atoms with Crippen molar-refractivity contribution in [1.29, 1.82) is 0 Å². The van der Waals surface area contributed by atoms with Crippen LogP contribution in [0, 0.1) is 13.8 Å². The van der Waals surface area contributed by atoms with E-state index in [9.17, 15) is 25.2 Å². The maximum Gasteiger partial charge on any atom is 0.340 e. The Morgan fingerprint density at radius 3 is 2.31 bits per heavy atom. The van der Waals surface area contributed by atoms with Gasteiger partial charge in [-0.2, -0.15) is 0 Å². The van der Waals surface area contributed by atoms with Gasteiger partial charge in [-0.05, 0) is 51.1 Å². The predicted octanol–water partition coefficient (Wildman–Crippen LogP) is 1.47. The molecule has 0 saturated heterocycles. The smallest absolute Gasteiger partial charge is 0.340 e. The quantitative estimate of drug-likeness (QED) is 0.243. The molecule has 0 fully saturated rings. The minimum absolute atomic E-state index is 0.0130. The summed E-state index contributed by atoms with van der Waals surface area (Å²) in [6.07, 6.45) is -0.974. The summed E-state index contributed by atoms with van der Waals surface area (Å²) in [6.45, 7) is 4.34. The van der Waals surface area contributed by atoms with Crippen LogP contribution in [0.1, 0.15) is 28.5 Å². The van der Waals surface area contributed by atoms with Gasteiger partial charge < -0.3 is 39.8 Å². The van der Waals surface area contributed by atoms with Crippen LogP contribution < -0.4 is 10.1 Å². The van der Waals surface area contributed by atoms with Crippen molar-refractivity contribution in [3.63, 3.8) is 0 Å². The number of carbonyl (C=O) groups is 1. The molecule has 3 aromatic rings. The van der Waals surface area contributed by atoms with Crippen molar-refractivity contribution < 1.29 is 34.7 Å². The van der Waals surface area contributed by atoms with E-state index in [1.807, 2.05) is 48.7 Å². The molecule has 0 saturated carbocycles. The van der Waals surface area contributed by atoms with Crippen LogP contribution in [-0.2, 0) is 4.74 Å². The lowest BCUT2D eigenvalue weighted by Gasteiger charge is -2.29. The fourth-order valence-corrected chi connectivity index (χ4v) is 3.88. The van der Waals surface area contributed by atoms with E-state index in [0.717, 1.165) is 22.5 Å². The third kappa shape index (κ3) is 5.83. The molecule has 0 amide bonds. The Bertz CT molecular complexity index is 1130. The first-order valence-electron chi connectivity index (χ1n) is 11.6. The van der Waals surface area contributed by atoms with E-state index < -0.39 is 37.4 Å². The van der Waals surface area contributed by atoms with Crippen LogP contribution in [0.3, 0.4) is 0 Å². The van der Waals surface area contributed by atoms with Gasteiger partial charge >= 0.3 is 5.97 Å². The van der Waals surface area contributed by atoms with Gasteiger partial charge in [0.2, 0.25) is 0 Å². The lowest BCUT2D eigenvalue weighted by Crippen LogP contribution is -2.57. The molecule has 0 unspecified atom stereocenters. The Balaban J connectivity index is 1.87. The Morgan fingerprint density at radius 1 is 1.06 bits per heavy atom.